The summed E-state index contributed by atoms with van der Waals surface area (Å²) in [6.07, 6.45) is 3.21. The minimum atomic E-state index is -0.325. The van der Waals surface area contributed by atoms with Crippen LogP contribution in [0.25, 0.3) is 6.08 Å². The molecule has 0 radical (unpaired) electrons. The highest BCUT2D eigenvalue weighted by Crippen LogP contribution is 2.17. The summed E-state index contributed by atoms with van der Waals surface area (Å²) in [5.74, 6) is -0.259. The summed E-state index contributed by atoms with van der Waals surface area (Å²) >= 11 is 1.61. The van der Waals surface area contributed by atoms with E-state index in [1.807, 2.05) is 19.1 Å². The average molecular weight is 273 g/mol. The molecule has 0 amide bonds. The number of rotatable bonds is 3. The minimum absolute atomic E-state index is 0.218. The van der Waals surface area contributed by atoms with E-state index in [-0.39, 0.29) is 16.9 Å². The van der Waals surface area contributed by atoms with Crippen LogP contribution in [0.4, 0.5) is 0 Å². The van der Waals surface area contributed by atoms with Gasteiger partial charge in [0.1, 0.15) is 0 Å². The van der Waals surface area contributed by atoms with Crippen LogP contribution >= 0.6 is 11.3 Å². The fraction of sp³-hybridized carbons (Fsp3) is 0.200. The number of aromatic nitrogens is 1. The van der Waals surface area contributed by atoms with Gasteiger partial charge in [-0.3, -0.25) is 9.59 Å². The van der Waals surface area contributed by atoms with Gasteiger partial charge in [0, 0.05) is 15.4 Å². The van der Waals surface area contributed by atoms with Gasteiger partial charge in [-0.25, -0.2) is 0 Å². The Morgan fingerprint density at radius 1 is 1.26 bits per heavy atom. The maximum absolute atomic E-state index is 12.1. The molecule has 4 heteroatoms. The number of hydrogen-bond donors (Lipinski definition) is 1. The SMILES string of the molecule is Cc1cc(C)c(C(=O)/C=C/c2ccc(C)s2)c(=O)[nH]1. The van der Waals surface area contributed by atoms with E-state index >= 15 is 0 Å². The molecule has 2 aromatic heterocycles. The van der Waals surface area contributed by atoms with Crippen LogP contribution in [0.15, 0.2) is 29.1 Å². The smallest absolute Gasteiger partial charge is 0.259 e. The number of allylic oxidation sites excluding steroid dienone is 1. The molecule has 0 aliphatic heterocycles. The first-order valence-corrected chi connectivity index (χ1v) is 6.78. The van der Waals surface area contributed by atoms with Crippen molar-refractivity contribution in [3.8, 4) is 0 Å². The third kappa shape index (κ3) is 3.09. The van der Waals surface area contributed by atoms with E-state index in [9.17, 15) is 9.59 Å². The molecule has 3 nitrogen and oxygen atoms in total. The summed E-state index contributed by atoms with van der Waals surface area (Å²) in [5, 5.41) is 0. The van der Waals surface area contributed by atoms with Gasteiger partial charge in [-0.1, -0.05) is 0 Å². The number of pyridine rings is 1. The van der Waals surface area contributed by atoms with E-state index < -0.39 is 0 Å². The summed E-state index contributed by atoms with van der Waals surface area (Å²) < 4.78 is 0. The van der Waals surface area contributed by atoms with Gasteiger partial charge in [0.15, 0.2) is 5.78 Å². The van der Waals surface area contributed by atoms with Gasteiger partial charge in [0.05, 0.1) is 5.56 Å². The van der Waals surface area contributed by atoms with E-state index in [0.717, 1.165) is 10.6 Å². The predicted octanol–water partition coefficient (Wildman–Crippen LogP) is 3.26. The Balaban J connectivity index is 2.31. The zero-order chi connectivity index (χ0) is 14.0. The van der Waals surface area contributed by atoms with Crippen molar-refractivity contribution in [1.82, 2.24) is 4.98 Å². The maximum atomic E-state index is 12.1. The monoisotopic (exact) mass is 273 g/mol. The van der Waals surface area contributed by atoms with Gasteiger partial charge in [0.25, 0.3) is 5.56 Å². The molecule has 0 aliphatic rings. The number of H-pyrrole nitrogens is 1. The summed E-state index contributed by atoms with van der Waals surface area (Å²) in [7, 11) is 0. The van der Waals surface area contributed by atoms with E-state index in [1.54, 1.807) is 37.3 Å². The second-order valence-corrected chi connectivity index (χ2v) is 5.80. The highest BCUT2D eigenvalue weighted by molar-refractivity contribution is 7.12. The van der Waals surface area contributed by atoms with Crippen molar-refractivity contribution in [1.29, 1.82) is 0 Å². The molecule has 2 rings (SSSR count). The number of aromatic amines is 1. The molecule has 0 unspecified atom stereocenters. The molecule has 0 saturated heterocycles. The Kier molecular flexibility index (Phi) is 3.81. The topological polar surface area (TPSA) is 49.9 Å². The first kappa shape index (κ1) is 13.5. The molecule has 19 heavy (non-hydrogen) atoms. The summed E-state index contributed by atoms with van der Waals surface area (Å²) in [4.78, 5) is 28.7. The third-order valence-corrected chi connectivity index (χ3v) is 3.74. The van der Waals surface area contributed by atoms with Crippen LogP contribution in [0.3, 0.4) is 0 Å². The molecule has 0 saturated carbocycles. The van der Waals surface area contributed by atoms with Crippen LogP contribution in [-0.4, -0.2) is 10.8 Å². The number of thiophene rings is 1. The quantitative estimate of drug-likeness (QED) is 0.689. The van der Waals surface area contributed by atoms with E-state index in [0.29, 0.717) is 5.56 Å². The fourth-order valence-electron chi connectivity index (χ4n) is 1.94. The predicted molar refractivity (Wildman–Crippen MR) is 79.0 cm³/mol. The lowest BCUT2D eigenvalue weighted by Gasteiger charge is -2.02. The van der Waals surface area contributed by atoms with Crippen molar-refractivity contribution in [3.05, 3.63) is 61.2 Å². The zero-order valence-corrected chi connectivity index (χ0v) is 11.9. The highest BCUT2D eigenvalue weighted by atomic mass is 32.1. The van der Waals surface area contributed by atoms with Crippen LogP contribution in [0.1, 0.15) is 31.4 Å². The summed E-state index contributed by atoms with van der Waals surface area (Å²) in [6.45, 7) is 5.59. The van der Waals surface area contributed by atoms with Crippen molar-refractivity contribution in [2.45, 2.75) is 20.8 Å². The number of carbonyl (C=O) groups excluding carboxylic acids is 1. The lowest BCUT2D eigenvalue weighted by atomic mass is 10.1. The van der Waals surface area contributed by atoms with Crippen molar-refractivity contribution in [2.24, 2.45) is 0 Å². The molecule has 0 spiro atoms. The Labute approximate surface area is 115 Å². The van der Waals surface area contributed by atoms with Crippen molar-refractivity contribution >= 4 is 23.2 Å². The first-order valence-electron chi connectivity index (χ1n) is 5.97. The number of hydrogen-bond acceptors (Lipinski definition) is 3. The number of carbonyl (C=O) groups is 1. The fourth-order valence-corrected chi connectivity index (χ4v) is 2.72. The lowest BCUT2D eigenvalue weighted by molar-refractivity contribution is 0.104. The van der Waals surface area contributed by atoms with Crippen LogP contribution < -0.4 is 5.56 Å². The van der Waals surface area contributed by atoms with Gasteiger partial charge in [0.2, 0.25) is 0 Å². The number of ketones is 1. The molecule has 0 fully saturated rings. The third-order valence-electron chi connectivity index (χ3n) is 2.77. The van der Waals surface area contributed by atoms with Crippen LogP contribution in [0.2, 0.25) is 0 Å². The van der Waals surface area contributed by atoms with Gasteiger partial charge < -0.3 is 4.98 Å². The van der Waals surface area contributed by atoms with Gasteiger partial charge >= 0.3 is 0 Å². The average Bonchev–Trinajstić information content (AvgIpc) is 2.71. The largest absolute Gasteiger partial charge is 0.326 e. The second-order valence-electron chi connectivity index (χ2n) is 4.49. The van der Waals surface area contributed by atoms with Crippen LogP contribution in [0.5, 0.6) is 0 Å². The summed E-state index contributed by atoms with van der Waals surface area (Å²) in [6, 6.07) is 5.76. The van der Waals surface area contributed by atoms with Gasteiger partial charge in [-0.2, -0.15) is 0 Å². The molecule has 0 bridgehead atoms. The molecule has 1 N–H and O–H groups in total. The van der Waals surface area contributed by atoms with Crippen LogP contribution in [-0.2, 0) is 0 Å². The molecule has 2 aromatic rings. The van der Waals surface area contributed by atoms with Crippen molar-refractivity contribution in [3.63, 3.8) is 0 Å². The standard InChI is InChI=1S/C15H15NO2S/c1-9-8-10(2)16-15(18)14(9)13(17)7-6-12-5-4-11(3)19-12/h4-8H,1-3H3,(H,16,18)/b7-6+. The molecule has 2 heterocycles. The normalized spacial score (nSPS) is 11.1. The number of nitrogens with one attached hydrogen (secondary N) is 1. The second kappa shape index (κ2) is 5.36. The molecule has 98 valence electrons. The van der Waals surface area contributed by atoms with Crippen LogP contribution in [0, 0.1) is 20.8 Å². The Morgan fingerprint density at radius 2 is 2.00 bits per heavy atom. The molecule has 0 aromatic carbocycles. The van der Waals surface area contributed by atoms with Gasteiger partial charge in [-0.05, 0) is 56.7 Å². The molecule has 0 atom stereocenters. The Morgan fingerprint density at radius 3 is 2.58 bits per heavy atom. The molecular weight excluding hydrogens is 258 g/mol. The highest BCUT2D eigenvalue weighted by Gasteiger charge is 2.11. The molecular formula is C15H15NO2S. The van der Waals surface area contributed by atoms with Crippen molar-refractivity contribution < 1.29 is 4.79 Å². The zero-order valence-electron chi connectivity index (χ0n) is 11.1. The first-order chi connectivity index (χ1) is 8.97. The van der Waals surface area contributed by atoms with Crippen molar-refractivity contribution in [2.75, 3.05) is 0 Å². The Bertz CT molecular complexity index is 707. The minimum Gasteiger partial charge on any atom is -0.326 e. The lowest BCUT2D eigenvalue weighted by Crippen LogP contribution is -2.19. The van der Waals surface area contributed by atoms with Gasteiger partial charge in [-0.15, -0.1) is 11.3 Å². The van der Waals surface area contributed by atoms with E-state index in [1.165, 1.54) is 11.0 Å². The molecule has 0 aliphatic carbocycles. The number of aryl methyl sites for hydroxylation is 3. The maximum Gasteiger partial charge on any atom is 0.259 e. The van der Waals surface area contributed by atoms with E-state index in [2.05, 4.69) is 4.98 Å². The van der Waals surface area contributed by atoms with E-state index in [4.69, 9.17) is 0 Å². The Hall–Kier alpha value is -1.94. The summed E-state index contributed by atoms with van der Waals surface area (Å²) in [5.41, 5.74) is 1.36.